The van der Waals surface area contributed by atoms with Crippen LogP contribution in [0.1, 0.15) is 41.2 Å². The minimum atomic E-state index is -3.36. The van der Waals surface area contributed by atoms with Gasteiger partial charge in [-0.05, 0) is 84.7 Å². The van der Waals surface area contributed by atoms with Crippen LogP contribution in [0, 0.1) is 29.1 Å². The van der Waals surface area contributed by atoms with E-state index >= 15 is 0 Å². The normalized spacial score (nSPS) is 11.3. The number of aryl methyl sites for hydroxylation is 4. The number of hydrogen-bond acceptors (Lipinski definition) is 1. The van der Waals surface area contributed by atoms with Crippen molar-refractivity contribution in [2.45, 2.75) is 52.1 Å². The Morgan fingerprint density at radius 2 is 1.15 bits per heavy atom. The van der Waals surface area contributed by atoms with Crippen molar-refractivity contribution < 1.29 is 35.5 Å². The number of rotatable bonds is 10. The van der Waals surface area contributed by atoms with Gasteiger partial charge < -0.3 is 4.74 Å². The number of hydrogen-bond donors (Lipinski definition) is 0. The quantitative estimate of drug-likeness (QED) is 0.271. The molecule has 0 unspecified atom stereocenters. The molecule has 0 aliphatic rings. The van der Waals surface area contributed by atoms with Crippen LogP contribution in [-0.4, -0.2) is 6.61 Å². The van der Waals surface area contributed by atoms with E-state index in [-0.39, 0.29) is 42.4 Å². The molecular formula is C26H23F7O. The summed E-state index contributed by atoms with van der Waals surface area (Å²) in [7, 11) is 0. The smallest absolute Gasteiger partial charge is 0.387 e. The van der Waals surface area contributed by atoms with Crippen molar-refractivity contribution in [2.75, 3.05) is 0 Å². The summed E-state index contributed by atoms with van der Waals surface area (Å²) in [5, 5.41) is 0. The molecule has 0 saturated heterocycles. The van der Waals surface area contributed by atoms with Crippen molar-refractivity contribution in [3.05, 3.63) is 99.4 Å². The molecule has 0 heterocycles. The SMILES string of the molecule is CCCc1cc(F)c(CCc2ccc(CCc3cc(F)c(OC(F)F)c(F)c3)c(F)c2)c(F)c1. The van der Waals surface area contributed by atoms with Crippen molar-refractivity contribution in [3.8, 4) is 5.75 Å². The second kappa shape index (κ2) is 11.4. The first kappa shape index (κ1) is 25.6. The highest BCUT2D eigenvalue weighted by Gasteiger charge is 2.17. The predicted octanol–water partition coefficient (Wildman–Crippen LogP) is 7.51. The summed E-state index contributed by atoms with van der Waals surface area (Å²) in [6.07, 6.45) is 1.79. The van der Waals surface area contributed by atoms with Crippen LogP contribution in [0.25, 0.3) is 0 Å². The minimum absolute atomic E-state index is 0.0485. The molecule has 0 atom stereocenters. The molecule has 3 aromatic carbocycles. The molecule has 0 aliphatic carbocycles. The summed E-state index contributed by atoms with van der Waals surface area (Å²) in [5.74, 6) is -5.51. The van der Waals surface area contributed by atoms with E-state index in [1.54, 1.807) is 6.07 Å². The fourth-order valence-electron chi connectivity index (χ4n) is 3.78. The van der Waals surface area contributed by atoms with E-state index in [1.807, 2.05) is 6.92 Å². The van der Waals surface area contributed by atoms with Gasteiger partial charge in [-0.1, -0.05) is 25.5 Å². The van der Waals surface area contributed by atoms with Gasteiger partial charge in [0.2, 0.25) is 0 Å². The lowest BCUT2D eigenvalue weighted by Gasteiger charge is -2.11. The molecule has 3 rings (SSSR count). The molecule has 0 saturated carbocycles. The summed E-state index contributed by atoms with van der Waals surface area (Å²) in [6, 6.07) is 8.76. The maximum absolute atomic E-state index is 14.5. The molecule has 182 valence electrons. The van der Waals surface area contributed by atoms with Gasteiger partial charge in [0.25, 0.3) is 0 Å². The fourth-order valence-corrected chi connectivity index (χ4v) is 3.78. The van der Waals surface area contributed by atoms with Crippen LogP contribution in [0.3, 0.4) is 0 Å². The van der Waals surface area contributed by atoms with Crippen molar-refractivity contribution in [3.63, 3.8) is 0 Å². The lowest BCUT2D eigenvalue weighted by molar-refractivity contribution is -0.0546. The predicted molar refractivity (Wildman–Crippen MR) is 115 cm³/mol. The molecule has 0 radical (unpaired) electrons. The Labute approximate surface area is 193 Å². The van der Waals surface area contributed by atoms with Crippen molar-refractivity contribution >= 4 is 0 Å². The molecule has 0 bridgehead atoms. The van der Waals surface area contributed by atoms with E-state index in [4.69, 9.17) is 0 Å². The van der Waals surface area contributed by atoms with Gasteiger partial charge in [-0.15, -0.1) is 0 Å². The number of halogens is 7. The summed E-state index contributed by atoms with van der Waals surface area (Å²) < 4.78 is 99.1. The Balaban J connectivity index is 1.64. The average molecular weight is 484 g/mol. The molecule has 0 amide bonds. The number of ether oxygens (including phenoxy) is 1. The van der Waals surface area contributed by atoms with Crippen LogP contribution in [0.4, 0.5) is 30.7 Å². The van der Waals surface area contributed by atoms with E-state index in [0.29, 0.717) is 17.5 Å². The van der Waals surface area contributed by atoms with Gasteiger partial charge in [0, 0.05) is 5.56 Å². The van der Waals surface area contributed by atoms with Crippen LogP contribution >= 0.6 is 0 Å². The van der Waals surface area contributed by atoms with E-state index in [1.165, 1.54) is 24.3 Å². The maximum atomic E-state index is 14.5. The van der Waals surface area contributed by atoms with Gasteiger partial charge in [-0.2, -0.15) is 8.78 Å². The summed E-state index contributed by atoms with van der Waals surface area (Å²) in [4.78, 5) is 0. The van der Waals surface area contributed by atoms with Crippen LogP contribution in [0.15, 0.2) is 42.5 Å². The zero-order chi connectivity index (χ0) is 24.8. The molecule has 0 spiro atoms. The standard InChI is InChI=1S/C26H23F7O/c1-2-3-16-11-21(28)19(22(29)12-16)9-6-15-4-7-18(20(27)10-15)8-5-17-13-23(30)25(24(31)14-17)34-26(32)33/h4,7,10-14,26H,2-3,5-6,8-9H2,1H3. The van der Waals surface area contributed by atoms with Crippen LogP contribution in [-0.2, 0) is 32.1 Å². The first-order valence-electron chi connectivity index (χ1n) is 10.8. The van der Waals surface area contributed by atoms with E-state index < -0.39 is 41.4 Å². The molecule has 0 N–H and O–H groups in total. The Bertz CT molecular complexity index is 1100. The molecule has 1 nitrogen and oxygen atoms in total. The second-order valence-corrected chi connectivity index (χ2v) is 7.98. The first-order chi connectivity index (χ1) is 16.2. The Hall–Kier alpha value is -3.03. The molecule has 0 fully saturated rings. The third-order valence-electron chi connectivity index (χ3n) is 5.47. The highest BCUT2D eigenvalue weighted by atomic mass is 19.3. The van der Waals surface area contributed by atoms with Gasteiger partial charge >= 0.3 is 6.61 Å². The van der Waals surface area contributed by atoms with E-state index in [9.17, 15) is 30.7 Å². The van der Waals surface area contributed by atoms with E-state index in [2.05, 4.69) is 4.74 Å². The molecule has 8 heteroatoms. The Morgan fingerprint density at radius 1 is 0.618 bits per heavy atom. The van der Waals surface area contributed by atoms with Gasteiger partial charge in [-0.3, -0.25) is 0 Å². The fraction of sp³-hybridized carbons (Fsp3) is 0.308. The summed E-state index contributed by atoms with van der Waals surface area (Å²) in [5.41, 5.74) is 1.51. The van der Waals surface area contributed by atoms with Gasteiger partial charge in [0.05, 0.1) is 0 Å². The third-order valence-corrected chi connectivity index (χ3v) is 5.47. The first-order valence-corrected chi connectivity index (χ1v) is 10.8. The molecule has 0 aliphatic heterocycles. The molecular weight excluding hydrogens is 461 g/mol. The number of alkyl halides is 2. The summed E-state index contributed by atoms with van der Waals surface area (Å²) >= 11 is 0. The monoisotopic (exact) mass is 484 g/mol. The zero-order valence-electron chi connectivity index (χ0n) is 18.4. The lowest BCUT2D eigenvalue weighted by Crippen LogP contribution is -2.07. The van der Waals surface area contributed by atoms with Crippen molar-refractivity contribution in [1.29, 1.82) is 0 Å². The maximum Gasteiger partial charge on any atom is 0.387 e. The summed E-state index contributed by atoms with van der Waals surface area (Å²) in [6.45, 7) is -1.45. The molecule has 3 aromatic rings. The van der Waals surface area contributed by atoms with Gasteiger partial charge in [0.1, 0.15) is 17.5 Å². The highest BCUT2D eigenvalue weighted by molar-refractivity contribution is 5.33. The van der Waals surface area contributed by atoms with Gasteiger partial charge in [0.15, 0.2) is 17.4 Å². The molecule has 0 aromatic heterocycles. The highest BCUT2D eigenvalue weighted by Crippen LogP contribution is 2.26. The van der Waals surface area contributed by atoms with Gasteiger partial charge in [-0.25, -0.2) is 22.0 Å². The largest absolute Gasteiger partial charge is 0.429 e. The van der Waals surface area contributed by atoms with Crippen molar-refractivity contribution in [2.24, 2.45) is 0 Å². The Morgan fingerprint density at radius 3 is 1.71 bits per heavy atom. The zero-order valence-corrected chi connectivity index (χ0v) is 18.4. The van der Waals surface area contributed by atoms with Crippen LogP contribution in [0.2, 0.25) is 0 Å². The third kappa shape index (κ3) is 6.52. The number of benzene rings is 3. The average Bonchev–Trinajstić information content (AvgIpc) is 2.75. The van der Waals surface area contributed by atoms with Crippen LogP contribution in [0.5, 0.6) is 5.75 Å². The second-order valence-electron chi connectivity index (χ2n) is 7.98. The molecule has 34 heavy (non-hydrogen) atoms. The topological polar surface area (TPSA) is 9.23 Å². The minimum Gasteiger partial charge on any atom is -0.429 e. The van der Waals surface area contributed by atoms with Crippen molar-refractivity contribution in [1.82, 2.24) is 0 Å². The Kier molecular flexibility index (Phi) is 8.58. The lowest BCUT2D eigenvalue weighted by atomic mass is 9.98. The van der Waals surface area contributed by atoms with Crippen LogP contribution < -0.4 is 4.74 Å². The van der Waals surface area contributed by atoms with E-state index in [0.717, 1.165) is 18.6 Å².